The third kappa shape index (κ3) is 7.90. The number of halogens is 4. The molecule has 0 aliphatic heterocycles. The number of carbonyl (C=O) groups excluding carboxylic acids is 3. The van der Waals surface area contributed by atoms with E-state index < -0.39 is 41.9 Å². The maximum absolute atomic E-state index is 12.8. The topological polar surface area (TPSA) is 84.5 Å². The van der Waals surface area contributed by atoms with Crippen molar-refractivity contribution < 1.29 is 36.7 Å². The molecule has 0 aliphatic rings. The van der Waals surface area contributed by atoms with E-state index >= 15 is 0 Å². The molecule has 30 heavy (non-hydrogen) atoms. The van der Waals surface area contributed by atoms with Crippen LogP contribution < -0.4 is 10.6 Å². The van der Waals surface area contributed by atoms with Crippen LogP contribution in [0.3, 0.4) is 0 Å². The summed E-state index contributed by atoms with van der Waals surface area (Å²) in [5.41, 5.74) is -0.554. The maximum Gasteiger partial charge on any atom is 0.416 e. The van der Waals surface area contributed by atoms with Crippen molar-refractivity contribution >= 4 is 29.2 Å². The van der Waals surface area contributed by atoms with Gasteiger partial charge in [0, 0.05) is 24.2 Å². The third-order valence-corrected chi connectivity index (χ3v) is 3.75. The number of anilines is 2. The van der Waals surface area contributed by atoms with Crippen molar-refractivity contribution in [3.63, 3.8) is 0 Å². The predicted molar refractivity (Wildman–Crippen MR) is 99.9 cm³/mol. The summed E-state index contributed by atoms with van der Waals surface area (Å²) < 4.78 is 55.5. The molecule has 2 aromatic rings. The van der Waals surface area contributed by atoms with Crippen LogP contribution in [-0.2, 0) is 25.3 Å². The molecule has 2 N–H and O–H groups in total. The van der Waals surface area contributed by atoms with Crippen LogP contribution >= 0.6 is 0 Å². The first-order valence-electron chi connectivity index (χ1n) is 8.81. The monoisotopic (exact) mass is 426 g/mol. The van der Waals surface area contributed by atoms with Crippen molar-refractivity contribution in [3.8, 4) is 0 Å². The van der Waals surface area contributed by atoms with Crippen molar-refractivity contribution in [1.29, 1.82) is 0 Å². The lowest BCUT2D eigenvalue weighted by atomic mass is 10.2. The Hall–Kier alpha value is -3.43. The van der Waals surface area contributed by atoms with Crippen molar-refractivity contribution in [3.05, 3.63) is 59.9 Å². The average molecular weight is 426 g/mol. The van der Waals surface area contributed by atoms with Crippen molar-refractivity contribution in [2.75, 3.05) is 17.2 Å². The standard InChI is InChI=1S/C20H18F4N2O4/c21-14-7-9-15(10-8-14)25-18(28)12-30-19(29)6-2-5-17(27)26-16-4-1-3-13(11-16)20(22,23)24/h1,3-4,7-11H,2,5-6,12H2,(H,25,28)(H,26,27). The molecule has 0 saturated heterocycles. The van der Waals surface area contributed by atoms with Gasteiger partial charge in [-0.25, -0.2) is 4.39 Å². The summed E-state index contributed by atoms with van der Waals surface area (Å²) in [6, 6.07) is 9.20. The Morgan fingerprint density at radius 3 is 2.20 bits per heavy atom. The highest BCUT2D eigenvalue weighted by molar-refractivity contribution is 5.93. The Morgan fingerprint density at radius 1 is 0.867 bits per heavy atom. The smallest absolute Gasteiger partial charge is 0.416 e. The second kappa shape index (κ2) is 10.4. The molecule has 0 unspecified atom stereocenters. The summed E-state index contributed by atoms with van der Waals surface area (Å²) in [5.74, 6) is -2.35. The molecule has 0 saturated carbocycles. The fraction of sp³-hybridized carbons (Fsp3) is 0.250. The van der Waals surface area contributed by atoms with Gasteiger partial charge < -0.3 is 15.4 Å². The number of amides is 2. The minimum absolute atomic E-state index is 0.00475. The predicted octanol–water partition coefficient (Wildman–Crippen LogP) is 4.14. The van der Waals surface area contributed by atoms with E-state index in [-0.39, 0.29) is 24.9 Å². The summed E-state index contributed by atoms with van der Waals surface area (Å²) in [7, 11) is 0. The van der Waals surface area contributed by atoms with Crippen LogP contribution in [0.5, 0.6) is 0 Å². The molecule has 0 aliphatic carbocycles. The Labute approximate surface area is 169 Å². The normalized spacial score (nSPS) is 10.9. The van der Waals surface area contributed by atoms with Gasteiger partial charge in [0.2, 0.25) is 5.91 Å². The number of nitrogens with one attached hydrogen (secondary N) is 2. The molecule has 160 valence electrons. The lowest BCUT2D eigenvalue weighted by Gasteiger charge is -2.10. The Morgan fingerprint density at radius 2 is 1.53 bits per heavy atom. The zero-order valence-electron chi connectivity index (χ0n) is 15.6. The second-order valence-corrected chi connectivity index (χ2v) is 6.20. The Balaban J connectivity index is 1.67. The van der Waals surface area contributed by atoms with Gasteiger partial charge in [-0.1, -0.05) is 6.07 Å². The molecule has 0 fully saturated rings. The van der Waals surface area contributed by atoms with Gasteiger partial charge >= 0.3 is 12.1 Å². The minimum Gasteiger partial charge on any atom is -0.456 e. The largest absolute Gasteiger partial charge is 0.456 e. The van der Waals surface area contributed by atoms with Gasteiger partial charge in [-0.15, -0.1) is 0 Å². The number of esters is 1. The number of hydrogen-bond acceptors (Lipinski definition) is 4. The molecule has 2 rings (SSSR count). The number of rotatable bonds is 8. The molecule has 0 spiro atoms. The lowest BCUT2D eigenvalue weighted by molar-refractivity contribution is -0.147. The number of ether oxygens (including phenoxy) is 1. The second-order valence-electron chi connectivity index (χ2n) is 6.20. The van der Waals surface area contributed by atoms with Crippen molar-refractivity contribution in [2.24, 2.45) is 0 Å². The fourth-order valence-corrected chi connectivity index (χ4v) is 2.34. The molecule has 2 aromatic carbocycles. The molecular weight excluding hydrogens is 408 g/mol. The van der Waals surface area contributed by atoms with E-state index in [2.05, 4.69) is 10.6 Å². The first kappa shape index (κ1) is 22.9. The molecule has 0 radical (unpaired) electrons. The van der Waals surface area contributed by atoms with Gasteiger partial charge in [0.25, 0.3) is 5.91 Å². The highest BCUT2D eigenvalue weighted by Crippen LogP contribution is 2.30. The van der Waals surface area contributed by atoms with E-state index in [4.69, 9.17) is 4.74 Å². The lowest BCUT2D eigenvalue weighted by Crippen LogP contribution is -2.21. The molecule has 0 heterocycles. The van der Waals surface area contributed by atoms with E-state index in [1.165, 1.54) is 24.3 Å². The molecule has 10 heteroatoms. The number of carbonyl (C=O) groups is 3. The van der Waals surface area contributed by atoms with Gasteiger partial charge in [-0.2, -0.15) is 13.2 Å². The molecule has 0 atom stereocenters. The third-order valence-electron chi connectivity index (χ3n) is 3.75. The van der Waals surface area contributed by atoms with Gasteiger partial charge in [0.05, 0.1) is 5.56 Å². The Bertz CT molecular complexity index is 898. The van der Waals surface area contributed by atoms with E-state index in [1.807, 2.05) is 0 Å². The van der Waals surface area contributed by atoms with Crippen LogP contribution in [0.1, 0.15) is 24.8 Å². The van der Waals surface area contributed by atoms with Gasteiger partial charge in [-0.05, 0) is 48.9 Å². The first-order valence-corrected chi connectivity index (χ1v) is 8.81. The molecule has 0 aromatic heterocycles. The van der Waals surface area contributed by atoms with E-state index in [1.54, 1.807) is 0 Å². The van der Waals surface area contributed by atoms with Gasteiger partial charge in [-0.3, -0.25) is 14.4 Å². The SMILES string of the molecule is O=C(CCCC(=O)OCC(=O)Nc1ccc(F)cc1)Nc1cccc(C(F)(F)F)c1. The molecular formula is C20H18F4N2O4. The van der Waals surface area contributed by atoms with E-state index in [0.717, 1.165) is 24.3 Å². The zero-order chi connectivity index (χ0) is 22.1. The summed E-state index contributed by atoms with van der Waals surface area (Å²) in [6.45, 7) is -0.549. The van der Waals surface area contributed by atoms with Crippen molar-refractivity contribution in [2.45, 2.75) is 25.4 Å². The Kier molecular flexibility index (Phi) is 7.90. The molecule has 6 nitrogen and oxygen atoms in total. The quantitative estimate of drug-likeness (QED) is 0.491. The first-order chi connectivity index (χ1) is 14.1. The summed E-state index contributed by atoms with van der Waals surface area (Å²) >= 11 is 0. The van der Waals surface area contributed by atoms with Gasteiger partial charge in [0.15, 0.2) is 6.61 Å². The van der Waals surface area contributed by atoms with E-state index in [9.17, 15) is 31.9 Å². The van der Waals surface area contributed by atoms with Crippen LogP contribution in [0.2, 0.25) is 0 Å². The highest BCUT2D eigenvalue weighted by atomic mass is 19.4. The molecule has 0 bridgehead atoms. The average Bonchev–Trinajstić information content (AvgIpc) is 2.68. The van der Waals surface area contributed by atoms with Crippen LogP contribution in [-0.4, -0.2) is 24.4 Å². The van der Waals surface area contributed by atoms with Gasteiger partial charge in [0.1, 0.15) is 5.82 Å². The van der Waals surface area contributed by atoms with Crippen molar-refractivity contribution in [1.82, 2.24) is 0 Å². The number of hydrogen-bond donors (Lipinski definition) is 2. The van der Waals surface area contributed by atoms with E-state index in [0.29, 0.717) is 5.69 Å². The maximum atomic E-state index is 12.8. The fourth-order valence-electron chi connectivity index (χ4n) is 2.34. The van der Waals surface area contributed by atoms with Crippen LogP contribution in [0.4, 0.5) is 28.9 Å². The minimum atomic E-state index is -4.52. The number of alkyl halides is 3. The van der Waals surface area contributed by atoms with Crippen LogP contribution in [0.25, 0.3) is 0 Å². The molecule has 2 amide bonds. The zero-order valence-corrected chi connectivity index (χ0v) is 15.6. The summed E-state index contributed by atoms with van der Waals surface area (Å²) in [6.07, 6.45) is -4.70. The number of benzene rings is 2. The highest BCUT2D eigenvalue weighted by Gasteiger charge is 2.30. The summed E-state index contributed by atoms with van der Waals surface area (Å²) in [5, 5.41) is 4.74. The van der Waals surface area contributed by atoms with Crippen LogP contribution in [0, 0.1) is 5.82 Å². The van der Waals surface area contributed by atoms with Crippen LogP contribution in [0.15, 0.2) is 48.5 Å². The summed E-state index contributed by atoms with van der Waals surface area (Å²) in [4.78, 5) is 35.1.